The van der Waals surface area contributed by atoms with Gasteiger partial charge in [0.05, 0.1) is 0 Å². The fourth-order valence-electron chi connectivity index (χ4n) is 6.00. The zero-order valence-corrected chi connectivity index (χ0v) is 20.9. The fourth-order valence-corrected chi connectivity index (χ4v) is 6.00. The standard InChI is InChI=1S/C28H35F3N2O3/c1-33(2)16-6-15-32-25(34)36-23-11-12-24-21(17-23)9-10-22-19-27(35,28(29,30)31)14-13-26(22,24)18-20-7-4-3-5-8-20/h3-5,7-8,11-12,17,22,35H,6,9-10,13-16,18-19H2,1-2H3,(H,32,34)/t22?,26-,27+/m0/s1. The van der Waals surface area contributed by atoms with Gasteiger partial charge in [-0.05, 0) is 100 Å². The number of halogens is 3. The van der Waals surface area contributed by atoms with E-state index >= 15 is 0 Å². The first-order valence-electron chi connectivity index (χ1n) is 12.6. The number of benzene rings is 2. The van der Waals surface area contributed by atoms with Crippen LogP contribution in [0.25, 0.3) is 0 Å². The van der Waals surface area contributed by atoms with E-state index < -0.39 is 23.3 Å². The van der Waals surface area contributed by atoms with Gasteiger partial charge in [-0.3, -0.25) is 0 Å². The number of hydrogen-bond donors (Lipinski definition) is 2. The van der Waals surface area contributed by atoms with Gasteiger partial charge in [0.25, 0.3) is 0 Å². The number of carbonyl (C=O) groups is 1. The normalized spacial score (nSPS) is 25.7. The predicted octanol–water partition coefficient (Wildman–Crippen LogP) is 5.25. The lowest BCUT2D eigenvalue weighted by Gasteiger charge is -2.53. The van der Waals surface area contributed by atoms with Crippen LogP contribution in [0.1, 0.15) is 48.8 Å². The predicted molar refractivity (Wildman–Crippen MR) is 132 cm³/mol. The lowest BCUT2D eigenvalue weighted by atomic mass is 9.52. The Morgan fingerprint density at radius 3 is 2.61 bits per heavy atom. The molecule has 1 saturated carbocycles. The van der Waals surface area contributed by atoms with Crippen molar-refractivity contribution in [3.05, 3.63) is 65.2 Å². The van der Waals surface area contributed by atoms with Gasteiger partial charge in [-0.25, -0.2) is 4.79 Å². The number of aryl methyl sites for hydroxylation is 1. The van der Waals surface area contributed by atoms with Gasteiger partial charge in [-0.15, -0.1) is 0 Å². The van der Waals surface area contributed by atoms with Crippen molar-refractivity contribution in [2.45, 2.75) is 62.1 Å². The number of carbonyl (C=O) groups excluding carboxylic acids is 1. The minimum Gasteiger partial charge on any atom is -0.410 e. The van der Waals surface area contributed by atoms with Crippen molar-refractivity contribution in [1.29, 1.82) is 0 Å². The maximum Gasteiger partial charge on any atom is 0.417 e. The summed E-state index contributed by atoms with van der Waals surface area (Å²) in [5, 5.41) is 13.3. The molecule has 5 nitrogen and oxygen atoms in total. The molecule has 1 unspecified atom stereocenters. The molecule has 8 heteroatoms. The minimum atomic E-state index is -4.65. The van der Waals surface area contributed by atoms with Gasteiger partial charge >= 0.3 is 12.3 Å². The van der Waals surface area contributed by atoms with Crippen LogP contribution in [-0.4, -0.2) is 55.1 Å². The molecular weight excluding hydrogens is 469 g/mol. The molecule has 2 aromatic carbocycles. The van der Waals surface area contributed by atoms with Crippen molar-refractivity contribution in [1.82, 2.24) is 10.2 Å². The van der Waals surface area contributed by atoms with E-state index in [4.69, 9.17) is 4.74 Å². The first-order chi connectivity index (χ1) is 17.0. The van der Waals surface area contributed by atoms with E-state index in [0.717, 1.165) is 29.7 Å². The molecule has 2 aliphatic rings. The Balaban J connectivity index is 1.57. The van der Waals surface area contributed by atoms with Gasteiger partial charge in [0.1, 0.15) is 5.75 Å². The molecule has 2 aliphatic carbocycles. The monoisotopic (exact) mass is 504 g/mol. The van der Waals surface area contributed by atoms with E-state index in [1.165, 1.54) is 0 Å². The highest BCUT2D eigenvalue weighted by molar-refractivity contribution is 5.70. The van der Waals surface area contributed by atoms with Crippen molar-refractivity contribution in [2.75, 3.05) is 27.2 Å². The highest BCUT2D eigenvalue weighted by Gasteiger charge is 2.61. The van der Waals surface area contributed by atoms with Gasteiger partial charge in [-0.1, -0.05) is 36.4 Å². The van der Waals surface area contributed by atoms with Gasteiger partial charge in [0.2, 0.25) is 0 Å². The van der Waals surface area contributed by atoms with E-state index in [1.807, 2.05) is 61.5 Å². The Kier molecular flexibility index (Phi) is 7.67. The summed E-state index contributed by atoms with van der Waals surface area (Å²) in [6.45, 7) is 1.36. The molecule has 0 aromatic heterocycles. The number of rotatable bonds is 7. The van der Waals surface area contributed by atoms with E-state index in [0.29, 0.717) is 31.6 Å². The molecule has 0 spiro atoms. The quantitative estimate of drug-likeness (QED) is 0.506. The third kappa shape index (κ3) is 5.54. The molecule has 36 heavy (non-hydrogen) atoms. The van der Waals surface area contributed by atoms with Crippen LogP contribution in [0.2, 0.25) is 0 Å². The molecule has 0 bridgehead atoms. The average molecular weight is 505 g/mol. The Morgan fingerprint density at radius 1 is 1.17 bits per heavy atom. The number of alkyl halides is 3. The van der Waals surface area contributed by atoms with Crippen LogP contribution < -0.4 is 10.1 Å². The largest absolute Gasteiger partial charge is 0.417 e. The van der Waals surface area contributed by atoms with Crippen LogP contribution in [0.3, 0.4) is 0 Å². The van der Waals surface area contributed by atoms with Crippen molar-refractivity contribution in [3.8, 4) is 5.75 Å². The summed E-state index contributed by atoms with van der Waals surface area (Å²) in [6.07, 6.45) is -3.03. The van der Waals surface area contributed by atoms with Crippen molar-refractivity contribution < 1.29 is 27.8 Å². The zero-order chi connectivity index (χ0) is 26.0. The molecule has 0 saturated heterocycles. The summed E-state index contributed by atoms with van der Waals surface area (Å²) in [5.74, 6) is 0.118. The molecule has 196 valence electrons. The highest BCUT2D eigenvalue weighted by atomic mass is 19.4. The molecule has 0 radical (unpaired) electrons. The number of ether oxygens (including phenoxy) is 1. The SMILES string of the molecule is CN(C)CCCNC(=O)Oc1ccc2c(c1)CCC1C[C@@](O)(C(F)(F)F)CC[C@@]21Cc1ccccc1. The van der Waals surface area contributed by atoms with Crippen molar-refractivity contribution in [2.24, 2.45) is 5.92 Å². The molecule has 4 rings (SSSR count). The third-order valence-electron chi connectivity index (χ3n) is 7.88. The Labute approximate surface area is 210 Å². The fraction of sp³-hybridized carbons (Fsp3) is 0.536. The Hall–Kier alpha value is -2.58. The highest BCUT2D eigenvalue weighted by Crippen LogP contribution is 2.57. The second kappa shape index (κ2) is 10.4. The average Bonchev–Trinajstić information content (AvgIpc) is 2.82. The van der Waals surface area contributed by atoms with Gasteiger partial charge in [0, 0.05) is 12.0 Å². The van der Waals surface area contributed by atoms with Crippen LogP contribution in [0.5, 0.6) is 5.75 Å². The smallest absolute Gasteiger partial charge is 0.410 e. The number of nitrogens with zero attached hydrogens (tertiary/aromatic N) is 1. The molecule has 0 aliphatic heterocycles. The van der Waals surface area contributed by atoms with Crippen molar-refractivity contribution >= 4 is 6.09 Å². The van der Waals surface area contributed by atoms with E-state index in [1.54, 1.807) is 6.07 Å². The third-order valence-corrected chi connectivity index (χ3v) is 7.88. The molecular formula is C28H35F3N2O3. The van der Waals surface area contributed by atoms with Crippen LogP contribution in [0, 0.1) is 5.92 Å². The second-order valence-electron chi connectivity index (χ2n) is 10.6. The first-order valence-corrected chi connectivity index (χ1v) is 12.6. The number of amides is 1. The maximum absolute atomic E-state index is 13.8. The summed E-state index contributed by atoms with van der Waals surface area (Å²) >= 11 is 0. The number of aliphatic hydroxyl groups is 1. The van der Waals surface area contributed by atoms with Crippen LogP contribution >= 0.6 is 0 Å². The molecule has 1 fully saturated rings. The Bertz CT molecular complexity index is 1060. The molecule has 2 aromatic rings. The van der Waals surface area contributed by atoms with Gasteiger partial charge in [0.15, 0.2) is 5.60 Å². The van der Waals surface area contributed by atoms with E-state index in [2.05, 4.69) is 5.32 Å². The summed E-state index contributed by atoms with van der Waals surface area (Å²) < 4.78 is 46.8. The first kappa shape index (κ1) is 26.5. The molecule has 1 amide bonds. The maximum atomic E-state index is 13.8. The molecule has 2 N–H and O–H groups in total. The van der Waals surface area contributed by atoms with Crippen molar-refractivity contribution in [3.63, 3.8) is 0 Å². The number of nitrogens with one attached hydrogen (secondary N) is 1. The van der Waals surface area contributed by atoms with Crippen LogP contribution in [-0.2, 0) is 18.3 Å². The Morgan fingerprint density at radius 2 is 1.92 bits per heavy atom. The van der Waals surface area contributed by atoms with E-state index in [-0.39, 0.29) is 25.2 Å². The zero-order valence-electron chi connectivity index (χ0n) is 20.9. The van der Waals surface area contributed by atoms with Gasteiger partial charge < -0.3 is 20.1 Å². The lowest BCUT2D eigenvalue weighted by molar-refractivity contribution is -0.279. The summed E-state index contributed by atoms with van der Waals surface area (Å²) in [6, 6.07) is 15.3. The number of fused-ring (bicyclic) bond motifs is 3. The van der Waals surface area contributed by atoms with E-state index in [9.17, 15) is 23.1 Å². The summed E-state index contributed by atoms with van der Waals surface area (Å²) in [4.78, 5) is 14.3. The summed E-state index contributed by atoms with van der Waals surface area (Å²) in [5.41, 5.74) is -0.101. The second-order valence-corrected chi connectivity index (χ2v) is 10.6. The van der Waals surface area contributed by atoms with Crippen LogP contribution in [0.4, 0.5) is 18.0 Å². The number of hydrogen-bond acceptors (Lipinski definition) is 4. The van der Waals surface area contributed by atoms with Crippen LogP contribution in [0.15, 0.2) is 48.5 Å². The lowest BCUT2D eigenvalue weighted by Crippen LogP contribution is -2.56. The summed E-state index contributed by atoms with van der Waals surface area (Å²) in [7, 11) is 3.94. The van der Waals surface area contributed by atoms with Gasteiger partial charge in [-0.2, -0.15) is 13.2 Å². The molecule has 0 heterocycles. The molecule has 3 atom stereocenters. The topological polar surface area (TPSA) is 61.8 Å². The minimum absolute atomic E-state index is 0.238.